The number of rotatable bonds is 9. The molecule has 7 nitrogen and oxygen atoms in total. The number of carbonyl (C=O) groups excluding carboxylic acids is 4. The minimum absolute atomic E-state index is 0.120. The first-order valence-electron chi connectivity index (χ1n) is 8.27. The Morgan fingerprint density at radius 1 is 1.08 bits per heavy atom. The fourth-order valence-corrected chi connectivity index (χ4v) is 2.64. The molecule has 26 heavy (non-hydrogen) atoms. The number of halogens is 1. The molecular weight excluding hydrogens is 341 g/mol. The van der Waals surface area contributed by atoms with E-state index in [4.69, 9.17) is 5.73 Å². The van der Waals surface area contributed by atoms with Crippen molar-refractivity contribution in [2.24, 2.45) is 5.73 Å². The highest BCUT2D eigenvalue weighted by Gasteiger charge is 2.22. The second kappa shape index (κ2) is 8.89. The lowest BCUT2D eigenvalue weighted by Crippen LogP contribution is -2.31. The van der Waals surface area contributed by atoms with Crippen LogP contribution in [0, 0.1) is 5.82 Å². The van der Waals surface area contributed by atoms with Crippen molar-refractivity contribution in [1.29, 1.82) is 0 Å². The van der Waals surface area contributed by atoms with Crippen LogP contribution in [-0.2, 0) is 20.8 Å². The van der Waals surface area contributed by atoms with Crippen LogP contribution in [0.5, 0.6) is 0 Å². The van der Waals surface area contributed by atoms with Crippen LogP contribution in [0.4, 0.5) is 4.39 Å². The van der Waals surface area contributed by atoms with Gasteiger partial charge in [-0.15, -0.1) is 0 Å². The number of imide groups is 1. The van der Waals surface area contributed by atoms with E-state index < -0.39 is 11.7 Å². The van der Waals surface area contributed by atoms with E-state index in [1.165, 1.54) is 23.1 Å². The largest absolute Gasteiger partial charge is 0.366 e. The molecule has 8 heteroatoms. The monoisotopic (exact) mass is 361 g/mol. The number of amides is 4. The summed E-state index contributed by atoms with van der Waals surface area (Å²) in [5, 5.41) is 2.69. The lowest BCUT2D eigenvalue weighted by atomic mass is 10.0. The van der Waals surface area contributed by atoms with E-state index >= 15 is 0 Å². The molecule has 1 aliphatic rings. The van der Waals surface area contributed by atoms with Gasteiger partial charge < -0.3 is 11.1 Å². The Labute approximate surface area is 150 Å². The molecule has 3 N–H and O–H groups in total. The van der Waals surface area contributed by atoms with Crippen LogP contribution in [0.15, 0.2) is 30.4 Å². The predicted molar refractivity (Wildman–Crippen MR) is 91.3 cm³/mol. The number of unbranched alkanes of at least 4 members (excludes halogenated alkanes) is 2. The molecule has 0 spiro atoms. The van der Waals surface area contributed by atoms with Gasteiger partial charge in [-0.2, -0.15) is 0 Å². The zero-order chi connectivity index (χ0) is 19.1. The highest BCUT2D eigenvalue weighted by molar-refractivity contribution is 6.12. The molecule has 0 aliphatic carbocycles. The van der Waals surface area contributed by atoms with Crippen LogP contribution >= 0.6 is 0 Å². The van der Waals surface area contributed by atoms with Gasteiger partial charge in [-0.05, 0) is 43.0 Å². The second-order valence-corrected chi connectivity index (χ2v) is 5.91. The number of hydrogen-bond acceptors (Lipinski definition) is 4. The molecule has 0 atom stereocenters. The summed E-state index contributed by atoms with van der Waals surface area (Å²) in [6.07, 6.45) is 4.39. The summed E-state index contributed by atoms with van der Waals surface area (Å²) >= 11 is 0. The summed E-state index contributed by atoms with van der Waals surface area (Å²) in [5.41, 5.74) is 5.58. The van der Waals surface area contributed by atoms with Gasteiger partial charge in [0.25, 0.3) is 11.8 Å². The molecular formula is C18H20FN3O4. The minimum Gasteiger partial charge on any atom is -0.366 e. The summed E-state index contributed by atoms with van der Waals surface area (Å²) in [4.78, 5) is 47.2. The number of hydrogen-bond donors (Lipinski definition) is 2. The first-order chi connectivity index (χ1) is 12.4. The first-order valence-corrected chi connectivity index (χ1v) is 8.27. The van der Waals surface area contributed by atoms with E-state index in [9.17, 15) is 23.6 Å². The van der Waals surface area contributed by atoms with Crippen molar-refractivity contribution in [3.8, 4) is 0 Å². The number of nitrogens with one attached hydrogen (secondary N) is 1. The number of nitrogens with zero attached hydrogens (tertiary/aromatic N) is 1. The predicted octanol–water partition coefficient (Wildman–Crippen LogP) is 0.679. The molecule has 0 aromatic heterocycles. The van der Waals surface area contributed by atoms with Crippen molar-refractivity contribution < 1.29 is 23.6 Å². The van der Waals surface area contributed by atoms with Gasteiger partial charge in [0.2, 0.25) is 11.8 Å². The van der Waals surface area contributed by atoms with Crippen molar-refractivity contribution in [3.63, 3.8) is 0 Å². The van der Waals surface area contributed by atoms with E-state index in [-0.39, 0.29) is 35.3 Å². The lowest BCUT2D eigenvalue weighted by molar-refractivity contribution is -0.136. The Balaban J connectivity index is 1.68. The van der Waals surface area contributed by atoms with Crippen molar-refractivity contribution in [2.45, 2.75) is 25.7 Å². The molecule has 138 valence electrons. The summed E-state index contributed by atoms with van der Waals surface area (Å²) in [6, 6.07) is 3.50. The third-order valence-electron chi connectivity index (χ3n) is 3.96. The van der Waals surface area contributed by atoms with Crippen LogP contribution in [0.2, 0.25) is 0 Å². The first kappa shape index (κ1) is 19.3. The summed E-state index contributed by atoms with van der Waals surface area (Å²) in [6.45, 7) is 0.754. The van der Waals surface area contributed by atoms with Crippen LogP contribution in [0.1, 0.15) is 35.2 Å². The van der Waals surface area contributed by atoms with Crippen LogP contribution in [0.25, 0.3) is 0 Å². The fourth-order valence-electron chi connectivity index (χ4n) is 2.64. The van der Waals surface area contributed by atoms with Gasteiger partial charge in [-0.1, -0.05) is 0 Å². The fraction of sp³-hybridized carbons (Fsp3) is 0.333. The number of carbonyl (C=O) groups is 4. The Morgan fingerprint density at radius 3 is 2.42 bits per heavy atom. The quantitative estimate of drug-likeness (QED) is 0.498. The molecule has 4 amide bonds. The molecule has 1 aromatic rings. The average molecular weight is 361 g/mol. The molecule has 0 bridgehead atoms. The standard InChI is InChI=1S/C18H20FN3O4/c19-13-4-5-14(18(20)26)12(10-13)11-15(23)21-8-2-1-3-9-22-16(24)6-7-17(22)25/h4-7,10H,1-3,8-9,11H2,(H2,20,26)(H,21,23). The molecule has 0 saturated heterocycles. The van der Waals surface area contributed by atoms with Gasteiger partial charge >= 0.3 is 0 Å². The molecule has 1 aliphatic heterocycles. The van der Waals surface area contributed by atoms with E-state index in [2.05, 4.69) is 5.32 Å². The van der Waals surface area contributed by atoms with Crippen LogP contribution in [0.3, 0.4) is 0 Å². The van der Waals surface area contributed by atoms with Gasteiger partial charge in [0.15, 0.2) is 0 Å². The van der Waals surface area contributed by atoms with Gasteiger partial charge in [-0.3, -0.25) is 24.1 Å². The van der Waals surface area contributed by atoms with E-state index in [0.717, 1.165) is 18.6 Å². The maximum atomic E-state index is 13.3. The Bertz CT molecular complexity index is 743. The van der Waals surface area contributed by atoms with Crippen molar-refractivity contribution >= 4 is 23.6 Å². The van der Waals surface area contributed by atoms with E-state index in [0.29, 0.717) is 25.9 Å². The smallest absolute Gasteiger partial charge is 0.253 e. The Morgan fingerprint density at radius 2 is 1.77 bits per heavy atom. The van der Waals surface area contributed by atoms with E-state index in [1.54, 1.807) is 0 Å². The highest BCUT2D eigenvalue weighted by atomic mass is 19.1. The van der Waals surface area contributed by atoms with Crippen LogP contribution in [-0.4, -0.2) is 41.6 Å². The normalized spacial score (nSPS) is 13.3. The van der Waals surface area contributed by atoms with Crippen LogP contribution < -0.4 is 11.1 Å². The van der Waals surface area contributed by atoms with E-state index in [1.807, 2.05) is 0 Å². The zero-order valence-corrected chi connectivity index (χ0v) is 14.2. The van der Waals surface area contributed by atoms with Gasteiger partial charge in [0.05, 0.1) is 6.42 Å². The van der Waals surface area contributed by atoms with Crippen molar-refractivity contribution in [2.75, 3.05) is 13.1 Å². The third-order valence-corrected chi connectivity index (χ3v) is 3.96. The number of primary amides is 1. The zero-order valence-electron chi connectivity index (χ0n) is 14.2. The third kappa shape index (κ3) is 5.23. The maximum Gasteiger partial charge on any atom is 0.253 e. The minimum atomic E-state index is -0.715. The molecule has 0 fully saturated rings. The van der Waals surface area contributed by atoms with Gasteiger partial charge in [0.1, 0.15) is 5.82 Å². The molecule has 0 radical (unpaired) electrons. The second-order valence-electron chi connectivity index (χ2n) is 5.91. The molecule has 1 aromatic carbocycles. The number of nitrogens with two attached hydrogens (primary N) is 1. The van der Waals surface area contributed by atoms with Crippen molar-refractivity contribution in [3.05, 3.63) is 47.3 Å². The highest BCUT2D eigenvalue weighted by Crippen LogP contribution is 2.12. The summed E-state index contributed by atoms with van der Waals surface area (Å²) in [5.74, 6) is -2.20. The SMILES string of the molecule is NC(=O)c1ccc(F)cc1CC(=O)NCCCCCN1C(=O)C=CC1=O. The average Bonchev–Trinajstić information content (AvgIpc) is 2.89. The van der Waals surface area contributed by atoms with Crippen molar-refractivity contribution in [1.82, 2.24) is 10.2 Å². The van der Waals surface area contributed by atoms with Gasteiger partial charge in [-0.25, -0.2) is 4.39 Å². The molecule has 1 heterocycles. The molecule has 0 unspecified atom stereocenters. The molecule has 2 rings (SSSR count). The Hall–Kier alpha value is -3.03. The lowest BCUT2D eigenvalue weighted by Gasteiger charge is -2.13. The maximum absolute atomic E-state index is 13.3. The summed E-state index contributed by atoms with van der Waals surface area (Å²) < 4.78 is 13.3. The Kier molecular flexibility index (Phi) is 6.60. The molecule has 0 saturated carbocycles. The van der Waals surface area contributed by atoms with Gasteiger partial charge in [0, 0.05) is 30.8 Å². The summed E-state index contributed by atoms with van der Waals surface area (Å²) in [7, 11) is 0. The topological polar surface area (TPSA) is 110 Å². The number of benzene rings is 1.